The minimum absolute atomic E-state index is 0.240. The summed E-state index contributed by atoms with van der Waals surface area (Å²) in [5.74, 6) is 0.855. The van der Waals surface area contributed by atoms with Crippen molar-refractivity contribution in [3.63, 3.8) is 0 Å². The Morgan fingerprint density at radius 1 is 1.00 bits per heavy atom. The Hall–Kier alpha value is -3.29. The van der Waals surface area contributed by atoms with E-state index in [2.05, 4.69) is 81.1 Å². The highest BCUT2D eigenvalue weighted by molar-refractivity contribution is 5.75. The van der Waals surface area contributed by atoms with Crippen LogP contribution in [0.4, 0.5) is 17.2 Å². The molecule has 0 radical (unpaired) electrons. The first kappa shape index (κ1) is 24.8. The number of anilines is 2. The Bertz CT molecular complexity index is 1140. The molecule has 0 atom stereocenters. The third-order valence-corrected chi connectivity index (χ3v) is 6.45. The van der Waals surface area contributed by atoms with Gasteiger partial charge in [-0.15, -0.1) is 0 Å². The monoisotopic (exact) mass is 471 g/mol. The van der Waals surface area contributed by atoms with Gasteiger partial charge in [-0.05, 0) is 76.4 Å². The zero-order chi connectivity index (χ0) is 24.8. The lowest BCUT2D eigenvalue weighted by molar-refractivity contribution is 0.0591. The van der Waals surface area contributed by atoms with E-state index in [1.54, 1.807) is 0 Å². The Balaban J connectivity index is 1.35. The van der Waals surface area contributed by atoms with E-state index in [-0.39, 0.29) is 5.54 Å². The smallest absolute Gasteiger partial charge is 0.127 e. The number of aliphatic imine (C=N–C) groups is 1. The summed E-state index contributed by atoms with van der Waals surface area (Å²) in [6, 6.07) is 16.3. The zero-order valence-electron chi connectivity index (χ0n) is 21.4. The quantitative estimate of drug-likeness (QED) is 0.348. The Morgan fingerprint density at radius 3 is 2.51 bits per heavy atom. The highest BCUT2D eigenvalue weighted by Gasteiger charge is 2.25. The number of aromatic nitrogens is 2. The molecule has 0 unspecified atom stereocenters. The SMILES string of the molecule is C=Nc1ccc(-c2cccc(C)n2)cc1NCNc1cc(CN2CCN(C(C)(C)C)CC2)ccn1. The zero-order valence-corrected chi connectivity index (χ0v) is 21.4. The Morgan fingerprint density at radius 2 is 1.80 bits per heavy atom. The third-order valence-electron chi connectivity index (χ3n) is 6.45. The molecule has 35 heavy (non-hydrogen) atoms. The average Bonchev–Trinajstić information content (AvgIpc) is 2.84. The van der Waals surface area contributed by atoms with Crippen molar-refractivity contribution in [1.29, 1.82) is 0 Å². The van der Waals surface area contributed by atoms with Gasteiger partial charge in [-0.1, -0.05) is 12.1 Å². The maximum atomic E-state index is 4.64. The normalized spacial score (nSPS) is 15.1. The van der Waals surface area contributed by atoms with Crippen LogP contribution in [0.1, 0.15) is 32.0 Å². The molecule has 7 heteroatoms. The Kier molecular flexibility index (Phi) is 7.78. The van der Waals surface area contributed by atoms with Crippen LogP contribution in [0.15, 0.2) is 59.7 Å². The first-order valence-electron chi connectivity index (χ1n) is 12.3. The van der Waals surface area contributed by atoms with Gasteiger partial charge in [0.1, 0.15) is 5.82 Å². The molecule has 1 aliphatic rings. The first-order chi connectivity index (χ1) is 16.8. The number of hydrogen-bond acceptors (Lipinski definition) is 7. The molecule has 3 heterocycles. The van der Waals surface area contributed by atoms with Crippen molar-refractivity contribution in [1.82, 2.24) is 19.8 Å². The summed E-state index contributed by atoms with van der Waals surface area (Å²) in [7, 11) is 0. The molecular formula is C28H37N7. The molecule has 3 aromatic rings. The van der Waals surface area contributed by atoms with Crippen LogP contribution in [0, 0.1) is 6.92 Å². The molecule has 1 saturated heterocycles. The van der Waals surface area contributed by atoms with Crippen molar-refractivity contribution in [2.45, 2.75) is 39.8 Å². The minimum atomic E-state index is 0.240. The van der Waals surface area contributed by atoms with Crippen LogP contribution in [0.5, 0.6) is 0 Å². The lowest BCUT2D eigenvalue weighted by Gasteiger charge is -2.42. The molecule has 4 rings (SSSR count). The van der Waals surface area contributed by atoms with E-state index in [4.69, 9.17) is 0 Å². The number of aryl methyl sites for hydroxylation is 1. The summed E-state index contributed by atoms with van der Waals surface area (Å²) in [5, 5.41) is 6.82. The summed E-state index contributed by atoms with van der Waals surface area (Å²) < 4.78 is 0. The predicted octanol–water partition coefficient (Wildman–Crippen LogP) is 5.18. The lowest BCUT2D eigenvalue weighted by atomic mass is 10.0. The second kappa shape index (κ2) is 11.0. The molecule has 7 nitrogen and oxygen atoms in total. The van der Waals surface area contributed by atoms with Gasteiger partial charge in [0, 0.05) is 55.7 Å². The van der Waals surface area contributed by atoms with E-state index in [1.165, 1.54) is 5.56 Å². The summed E-state index contributed by atoms with van der Waals surface area (Å²) >= 11 is 0. The number of nitrogens with one attached hydrogen (secondary N) is 2. The minimum Gasteiger partial charge on any atom is -0.366 e. The second-order valence-electron chi connectivity index (χ2n) is 10.1. The second-order valence-corrected chi connectivity index (χ2v) is 10.1. The summed E-state index contributed by atoms with van der Waals surface area (Å²) in [6.45, 7) is 18.5. The standard InChI is InChI=1S/C28H37N7/c1-21-7-6-8-24(33-21)23-9-10-25(29-5)26(18-23)31-20-32-27-17-22(11-12-30-27)19-34-13-15-35(16-14-34)28(2,3)4/h6-12,17-18,31H,5,13-16,19-20H2,1-4H3,(H,30,32). The van der Waals surface area contributed by atoms with Crippen LogP contribution in [-0.2, 0) is 6.54 Å². The number of piperazine rings is 1. The van der Waals surface area contributed by atoms with Crippen LogP contribution in [0.25, 0.3) is 11.3 Å². The van der Waals surface area contributed by atoms with Crippen LogP contribution in [0.3, 0.4) is 0 Å². The maximum absolute atomic E-state index is 4.64. The molecule has 2 N–H and O–H groups in total. The number of nitrogens with zero attached hydrogens (tertiary/aromatic N) is 5. The summed E-state index contributed by atoms with van der Waals surface area (Å²) in [5.41, 5.74) is 6.19. The van der Waals surface area contributed by atoms with Crippen molar-refractivity contribution >= 4 is 23.9 Å². The van der Waals surface area contributed by atoms with E-state index >= 15 is 0 Å². The van der Waals surface area contributed by atoms with Gasteiger partial charge in [0.25, 0.3) is 0 Å². The van der Waals surface area contributed by atoms with Gasteiger partial charge in [-0.2, -0.15) is 0 Å². The van der Waals surface area contributed by atoms with Gasteiger partial charge in [-0.3, -0.25) is 19.8 Å². The van der Waals surface area contributed by atoms with Crippen molar-refractivity contribution < 1.29 is 0 Å². The number of benzene rings is 1. The molecule has 0 aliphatic carbocycles. The van der Waals surface area contributed by atoms with Crippen molar-refractivity contribution in [3.8, 4) is 11.3 Å². The maximum Gasteiger partial charge on any atom is 0.127 e. The molecule has 1 aromatic carbocycles. The number of hydrogen-bond donors (Lipinski definition) is 2. The predicted molar refractivity (Wildman–Crippen MR) is 147 cm³/mol. The van der Waals surface area contributed by atoms with Gasteiger partial charge in [0.15, 0.2) is 0 Å². The number of pyridine rings is 2. The topological polar surface area (TPSA) is 68.7 Å². The van der Waals surface area contributed by atoms with Gasteiger partial charge in [0.05, 0.1) is 23.7 Å². The fourth-order valence-corrected chi connectivity index (χ4v) is 4.41. The van der Waals surface area contributed by atoms with Crippen LogP contribution >= 0.6 is 0 Å². The fraction of sp³-hybridized carbons (Fsp3) is 0.393. The van der Waals surface area contributed by atoms with Gasteiger partial charge in [-0.25, -0.2) is 4.98 Å². The van der Waals surface area contributed by atoms with Crippen LogP contribution in [0.2, 0.25) is 0 Å². The fourth-order valence-electron chi connectivity index (χ4n) is 4.41. The molecule has 1 aliphatic heterocycles. The van der Waals surface area contributed by atoms with Crippen molar-refractivity contribution in [2.75, 3.05) is 43.5 Å². The molecule has 184 valence electrons. The van der Waals surface area contributed by atoms with Crippen molar-refractivity contribution in [3.05, 3.63) is 66.0 Å². The van der Waals surface area contributed by atoms with E-state index in [0.29, 0.717) is 6.67 Å². The Labute approximate surface area is 209 Å². The van der Waals surface area contributed by atoms with Gasteiger partial charge < -0.3 is 10.6 Å². The molecular weight excluding hydrogens is 434 g/mol. The van der Waals surface area contributed by atoms with Gasteiger partial charge in [0.2, 0.25) is 0 Å². The van der Waals surface area contributed by atoms with Crippen LogP contribution < -0.4 is 10.6 Å². The van der Waals surface area contributed by atoms with E-state index in [0.717, 1.165) is 66.9 Å². The third kappa shape index (κ3) is 6.65. The molecule has 1 fully saturated rings. The molecule has 0 saturated carbocycles. The molecule has 0 bridgehead atoms. The van der Waals surface area contributed by atoms with Crippen molar-refractivity contribution in [2.24, 2.45) is 4.99 Å². The van der Waals surface area contributed by atoms with E-state index < -0.39 is 0 Å². The first-order valence-corrected chi connectivity index (χ1v) is 12.3. The van der Waals surface area contributed by atoms with E-state index in [1.807, 2.05) is 43.5 Å². The summed E-state index contributed by atoms with van der Waals surface area (Å²) in [4.78, 5) is 18.4. The van der Waals surface area contributed by atoms with Crippen LogP contribution in [-0.4, -0.2) is 64.9 Å². The molecule has 0 amide bonds. The average molecular weight is 472 g/mol. The highest BCUT2D eigenvalue weighted by Crippen LogP contribution is 2.30. The van der Waals surface area contributed by atoms with E-state index in [9.17, 15) is 0 Å². The molecule has 2 aromatic heterocycles. The van der Waals surface area contributed by atoms with Gasteiger partial charge >= 0.3 is 0 Å². The highest BCUT2D eigenvalue weighted by atomic mass is 15.3. The summed E-state index contributed by atoms with van der Waals surface area (Å²) in [6.07, 6.45) is 1.88. The largest absolute Gasteiger partial charge is 0.366 e. The molecule has 0 spiro atoms. The number of rotatable bonds is 8. The lowest BCUT2D eigenvalue weighted by Crippen LogP contribution is -2.53.